The molecule has 2 fully saturated rings. The number of rotatable bonds is 4. The molecular weight excluding hydrogens is 352 g/mol. The number of carbonyl (C=O) groups is 1. The van der Waals surface area contributed by atoms with E-state index < -0.39 is 15.1 Å². The second-order valence-electron chi connectivity index (χ2n) is 7.13. The van der Waals surface area contributed by atoms with Crippen molar-refractivity contribution in [1.82, 2.24) is 19.8 Å². The molecule has 0 saturated carbocycles. The Kier molecular flexibility index (Phi) is 4.32. The summed E-state index contributed by atoms with van der Waals surface area (Å²) in [6.45, 7) is 1.76. The molecule has 1 amide bonds. The summed E-state index contributed by atoms with van der Waals surface area (Å²) in [4.78, 5) is 18.9. The number of amides is 1. The number of benzene rings is 1. The van der Waals surface area contributed by atoms with E-state index in [9.17, 15) is 13.2 Å². The van der Waals surface area contributed by atoms with Gasteiger partial charge in [0.05, 0.1) is 17.5 Å². The Morgan fingerprint density at radius 2 is 2.04 bits per heavy atom. The Hall–Kier alpha value is -2.19. The van der Waals surface area contributed by atoms with E-state index in [2.05, 4.69) is 15.2 Å². The fraction of sp³-hybridized carbons (Fsp3) is 0.444. The number of sulfone groups is 1. The molecule has 1 aromatic carbocycles. The van der Waals surface area contributed by atoms with E-state index in [1.807, 2.05) is 23.9 Å². The molecule has 3 atom stereocenters. The number of hydrogen-bond donors (Lipinski definition) is 1. The molecule has 2 saturated heterocycles. The first-order valence-electron chi connectivity index (χ1n) is 8.70. The van der Waals surface area contributed by atoms with Crippen LogP contribution in [0, 0.1) is 5.92 Å². The molecule has 0 bridgehead atoms. The zero-order valence-corrected chi connectivity index (χ0v) is 15.4. The Bertz CT molecular complexity index is 910. The van der Waals surface area contributed by atoms with Gasteiger partial charge in [-0.2, -0.15) is 0 Å². The highest BCUT2D eigenvalue weighted by Gasteiger charge is 2.52. The second kappa shape index (κ2) is 6.51. The van der Waals surface area contributed by atoms with Crippen LogP contribution in [0.4, 0.5) is 0 Å². The minimum atomic E-state index is -3.21. The molecule has 0 spiro atoms. The van der Waals surface area contributed by atoms with Crippen LogP contribution in [0.3, 0.4) is 0 Å². The van der Waals surface area contributed by atoms with Crippen LogP contribution in [0.1, 0.15) is 16.2 Å². The third-order valence-corrected chi connectivity index (χ3v) is 7.66. The largest absolute Gasteiger partial charge is 0.348 e. The van der Waals surface area contributed by atoms with E-state index in [0.717, 1.165) is 5.82 Å². The maximum Gasteiger partial charge on any atom is 0.251 e. The minimum Gasteiger partial charge on any atom is -0.348 e. The van der Waals surface area contributed by atoms with Crippen molar-refractivity contribution in [2.24, 2.45) is 13.0 Å². The van der Waals surface area contributed by atoms with Crippen molar-refractivity contribution in [2.45, 2.75) is 17.8 Å². The third kappa shape index (κ3) is 3.14. The highest BCUT2D eigenvalue weighted by Crippen LogP contribution is 2.34. The van der Waals surface area contributed by atoms with Gasteiger partial charge in [0, 0.05) is 50.1 Å². The molecule has 4 rings (SSSR count). The lowest BCUT2D eigenvalue weighted by atomic mass is 10.00. The molecule has 2 aromatic rings. The molecule has 26 heavy (non-hydrogen) atoms. The van der Waals surface area contributed by atoms with Crippen molar-refractivity contribution in [3.05, 3.63) is 54.1 Å². The molecule has 1 N–H and O–H groups in total. The first-order valence-corrected chi connectivity index (χ1v) is 10.4. The van der Waals surface area contributed by atoms with E-state index in [1.165, 1.54) is 0 Å². The SMILES string of the molecule is Cn1ccnc1CN1C[C@H]2[C@H](NC(=O)c3ccccc3)CS(=O)(=O)[C@H]2C1. The lowest BCUT2D eigenvalue weighted by molar-refractivity contribution is 0.0930. The number of nitrogens with one attached hydrogen (secondary N) is 1. The zero-order valence-electron chi connectivity index (χ0n) is 14.6. The van der Waals surface area contributed by atoms with E-state index in [-0.39, 0.29) is 23.6 Å². The summed E-state index contributed by atoms with van der Waals surface area (Å²) in [6.07, 6.45) is 3.62. The predicted molar refractivity (Wildman–Crippen MR) is 97.2 cm³/mol. The maximum absolute atomic E-state index is 12.6. The van der Waals surface area contributed by atoms with Crippen LogP contribution < -0.4 is 5.32 Å². The quantitative estimate of drug-likeness (QED) is 0.840. The molecule has 0 unspecified atom stereocenters. The van der Waals surface area contributed by atoms with Crippen LogP contribution in [0.15, 0.2) is 42.7 Å². The molecule has 0 aliphatic carbocycles. The fourth-order valence-electron chi connectivity index (χ4n) is 4.01. The van der Waals surface area contributed by atoms with Crippen molar-refractivity contribution in [3.63, 3.8) is 0 Å². The number of aromatic nitrogens is 2. The number of fused-ring (bicyclic) bond motifs is 1. The molecule has 1 aromatic heterocycles. The fourth-order valence-corrected chi connectivity index (χ4v) is 6.34. The normalized spacial score (nSPS) is 27.3. The van der Waals surface area contributed by atoms with Gasteiger partial charge in [-0.25, -0.2) is 13.4 Å². The van der Waals surface area contributed by atoms with Crippen LogP contribution in [0.2, 0.25) is 0 Å². The van der Waals surface area contributed by atoms with Gasteiger partial charge in [-0.05, 0) is 12.1 Å². The number of likely N-dealkylation sites (tertiary alicyclic amines) is 1. The van der Waals surface area contributed by atoms with Crippen LogP contribution in [-0.2, 0) is 23.4 Å². The van der Waals surface area contributed by atoms with E-state index in [1.54, 1.807) is 30.5 Å². The Balaban J connectivity index is 1.48. The Morgan fingerprint density at radius 3 is 2.73 bits per heavy atom. The summed E-state index contributed by atoms with van der Waals surface area (Å²) in [5.74, 6) is 0.645. The summed E-state index contributed by atoms with van der Waals surface area (Å²) in [5, 5.41) is 2.53. The molecule has 8 heteroatoms. The van der Waals surface area contributed by atoms with E-state index >= 15 is 0 Å². The number of carbonyl (C=O) groups excluding carboxylic acids is 1. The van der Waals surface area contributed by atoms with Gasteiger partial charge in [0.1, 0.15) is 5.82 Å². The van der Waals surface area contributed by atoms with Gasteiger partial charge in [-0.1, -0.05) is 18.2 Å². The summed E-state index contributed by atoms with van der Waals surface area (Å²) in [7, 11) is -1.28. The zero-order chi connectivity index (χ0) is 18.3. The predicted octanol–water partition coefficient (Wildman–Crippen LogP) is 0.448. The lowest BCUT2D eigenvalue weighted by Gasteiger charge is -2.20. The molecule has 138 valence electrons. The maximum atomic E-state index is 12.6. The Labute approximate surface area is 152 Å². The van der Waals surface area contributed by atoms with Gasteiger partial charge in [-0.15, -0.1) is 0 Å². The van der Waals surface area contributed by atoms with Crippen molar-refractivity contribution in [3.8, 4) is 0 Å². The van der Waals surface area contributed by atoms with Gasteiger partial charge in [0.2, 0.25) is 0 Å². The molecule has 3 heterocycles. The number of imidazole rings is 1. The molecule has 0 radical (unpaired) electrons. The van der Waals surface area contributed by atoms with Crippen molar-refractivity contribution >= 4 is 15.7 Å². The summed E-state index contributed by atoms with van der Waals surface area (Å²) in [5.41, 5.74) is 0.552. The van der Waals surface area contributed by atoms with Gasteiger partial charge in [-0.3, -0.25) is 9.69 Å². The van der Waals surface area contributed by atoms with Crippen LogP contribution in [0.25, 0.3) is 0 Å². The van der Waals surface area contributed by atoms with E-state index in [0.29, 0.717) is 25.2 Å². The van der Waals surface area contributed by atoms with Gasteiger partial charge in [0.15, 0.2) is 9.84 Å². The smallest absolute Gasteiger partial charge is 0.251 e. The standard InChI is InChI=1S/C18H22N4O3S/c1-21-8-7-19-17(21)11-22-9-14-15(12-26(24,25)16(14)10-22)20-18(23)13-5-3-2-4-6-13/h2-8,14-16H,9-12H2,1H3,(H,20,23)/t14-,15+,16-/m0/s1. The second-order valence-corrected chi connectivity index (χ2v) is 9.39. The number of hydrogen-bond acceptors (Lipinski definition) is 5. The summed E-state index contributed by atoms with van der Waals surface area (Å²) >= 11 is 0. The first-order chi connectivity index (χ1) is 12.4. The third-order valence-electron chi connectivity index (χ3n) is 5.41. The van der Waals surface area contributed by atoms with Gasteiger partial charge in [0.25, 0.3) is 5.91 Å². The van der Waals surface area contributed by atoms with Gasteiger partial charge < -0.3 is 9.88 Å². The summed E-state index contributed by atoms with van der Waals surface area (Å²) in [6, 6.07) is 8.57. The highest BCUT2D eigenvalue weighted by molar-refractivity contribution is 7.92. The van der Waals surface area contributed by atoms with E-state index in [4.69, 9.17) is 0 Å². The van der Waals surface area contributed by atoms with Crippen LogP contribution in [-0.4, -0.2) is 58.9 Å². The Morgan fingerprint density at radius 1 is 1.27 bits per heavy atom. The van der Waals surface area contributed by atoms with Crippen LogP contribution >= 0.6 is 0 Å². The average Bonchev–Trinajstić information content (AvgIpc) is 3.27. The van der Waals surface area contributed by atoms with Crippen LogP contribution in [0.5, 0.6) is 0 Å². The molecular formula is C18H22N4O3S. The van der Waals surface area contributed by atoms with Gasteiger partial charge >= 0.3 is 0 Å². The van der Waals surface area contributed by atoms with Crippen molar-refractivity contribution in [2.75, 3.05) is 18.8 Å². The molecule has 2 aliphatic heterocycles. The molecule has 7 nitrogen and oxygen atoms in total. The summed E-state index contributed by atoms with van der Waals surface area (Å²) < 4.78 is 27.1. The lowest BCUT2D eigenvalue weighted by Crippen LogP contribution is -2.42. The molecule has 2 aliphatic rings. The topological polar surface area (TPSA) is 84.3 Å². The van der Waals surface area contributed by atoms with Crippen molar-refractivity contribution < 1.29 is 13.2 Å². The minimum absolute atomic E-state index is 0.0250. The first kappa shape index (κ1) is 17.2. The van der Waals surface area contributed by atoms with Crippen molar-refractivity contribution in [1.29, 1.82) is 0 Å². The monoisotopic (exact) mass is 374 g/mol. The highest BCUT2D eigenvalue weighted by atomic mass is 32.2. The average molecular weight is 374 g/mol. The number of aryl methyl sites for hydroxylation is 1. The number of nitrogens with zero attached hydrogens (tertiary/aromatic N) is 3.